The van der Waals surface area contributed by atoms with Crippen molar-refractivity contribution in [2.75, 3.05) is 5.32 Å². The zero-order valence-electron chi connectivity index (χ0n) is 12.4. The molecule has 0 aliphatic carbocycles. The first-order valence-electron chi connectivity index (χ1n) is 6.68. The number of hydrogen-bond donors (Lipinski definition) is 3. The van der Waals surface area contributed by atoms with Crippen LogP contribution in [0.5, 0.6) is 0 Å². The van der Waals surface area contributed by atoms with E-state index in [-0.39, 0.29) is 26.9 Å². The van der Waals surface area contributed by atoms with Gasteiger partial charge in [0.05, 0.1) is 16.2 Å². The van der Waals surface area contributed by atoms with Gasteiger partial charge in [-0.1, -0.05) is 23.7 Å². The highest BCUT2D eigenvalue weighted by atomic mass is 35.5. The number of nitro groups is 1. The molecular weight excluding hydrogens is 370 g/mol. The Morgan fingerprint density at radius 3 is 2.52 bits per heavy atom. The third-order valence-corrected chi connectivity index (χ3v) is 3.56. The number of nitrogens with zero attached hydrogens (tertiary/aromatic N) is 1. The molecule has 3 N–H and O–H groups in total. The van der Waals surface area contributed by atoms with Crippen LogP contribution in [0.2, 0.25) is 5.02 Å². The molecule has 0 aromatic heterocycles. The van der Waals surface area contributed by atoms with E-state index in [0.717, 1.165) is 6.07 Å². The molecule has 8 nitrogen and oxygen atoms in total. The standard InChI is InChI=1S/C15H10ClN3O5S/c16-10-6-5-8(7-12(10)19(23)24)13(20)18-15(25)17-11-4-2-1-3-9(11)14(21)22/h1-7H,(H,21,22)(H2,17,18,20,25). The van der Waals surface area contributed by atoms with Gasteiger partial charge in [0.25, 0.3) is 11.6 Å². The van der Waals surface area contributed by atoms with Crippen molar-refractivity contribution in [2.45, 2.75) is 0 Å². The lowest BCUT2D eigenvalue weighted by Crippen LogP contribution is -2.34. The first-order chi connectivity index (χ1) is 11.8. The zero-order chi connectivity index (χ0) is 18.6. The highest BCUT2D eigenvalue weighted by molar-refractivity contribution is 7.80. The van der Waals surface area contributed by atoms with Gasteiger partial charge < -0.3 is 10.4 Å². The van der Waals surface area contributed by atoms with Crippen LogP contribution in [0.3, 0.4) is 0 Å². The van der Waals surface area contributed by atoms with Gasteiger partial charge in [-0.3, -0.25) is 20.2 Å². The third kappa shape index (κ3) is 4.49. The Hall–Kier alpha value is -3.04. The average molecular weight is 380 g/mol. The van der Waals surface area contributed by atoms with Crippen LogP contribution in [0.25, 0.3) is 0 Å². The molecule has 10 heteroatoms. The number of nitrogens with one attached hydrogen (secondary N) is 2. The second-order valence-corrected chi connectivity index (χ2v) is 5.50. The maximum atomic E-state index is 12.1. The summed E-state index contributed by atoms with van der Waals surface area (Å²) in [6.07, 6.45) is 0. The second kappa shape index (κ2) is 7.69. The monoisotopic (exact) mass is 379 g/mol. The smallest absolute Gasteiger partial charge is 0.337 e. The molecule has 128 valence electrons. The van der Waals surface area contributed by atoms with Crippen molar-refractivity contribution < 1.29 is 19.6 Å². The lowest BCUT2D eigenvalue weighted by molar-refractivity contribution is -0.384. The number of carboxylic acids is 1. The summed E-state index contributed by atoms with van der Waals surface area (Å²) in [4.78, 5) is 33.4. The fourth-order valence-electron chi connectivity index (χ4n) is 1.90. The Morgan fingerprint density at radius 1 is 1.20 bits per heavy atom. The van der Waals surface area contributed by atoms with E-state index in [1.54, 1.807) is 12.1 Å². The second-order valence-electron chi connectivity index (χ2n) is 4.68. The number of hydrogen-bond acceptors (Lipinski definition) is 5. The van der Waals surface area contributed by atoms with Crippen LogP contribution in [0.4, 0.5) is 11.4 Å². The minimum Gasteiger partial charge on any atom is -0.478 e. The van der Waals surface area contributed by atoms with Crippen LogP contribution in [0.15, 0.2) is 42.5 Å². The summed E-state index contributed by atoms with van der Waals surface area (Å²) in [5, 5.41) is 24.6. The quantitative estimate of drug-likeness (QED) is 0.424. The fraction of sp³-hybridized carbons (Fsp3) is 0. The summed E-state index contributed by atoms with van der Waals surface area (Å²) in [7, 11) is 0. The summed E-state index contributed by atoms with van der Waals surface area (Å²) in [6, 6.07) is 9.55. The summed E-state index contributed by atoms with van der Waals surface area (Å²) in [5.41, 5.74) is -0.264. The molecule has 1 amide bonds. The number of thiocarbonyl (C=S) groups is 1. The van der Waals surface area contributed by atoms with E-state index in [0.29, 0.717) is 0 Å². The number of benzene rings is 2. The van der Waals surface area contributed by atoms with Crippen LogP contribution >= 0.6 is 23.8 Å². The largest absolute Gasteiger partial charge is 0.478 e. The van der Waals surface area contributed by atoms with Gasteiger partial charge in [0.2, 0.25) is 0 Å². The molecule has 0 saturated carbocycles. The maximum Gasteiger partial charge on any atom is 0.337 e. The van der Waals surface area contributed by atoms with Crippen molar-refractivity contribution in [3.8, 4) is 0 Å². The minimum absolute atomic E-state index is 0.0215. The van der Waals surface area contributed by atoms with Crippen LogP contribution in [0.1, 0.15) is 20.7 Å². The lowest BCUT2D eigenvalue weighted by Gasteiger charge is -2.11. The van der Waals surface area contributed by atoms with Crippen LogP contribution < -0.4 is 10.6 Å². The van der Waals surface area contributed by atoms with Gasteiger partial charge in [0.1, 0.15) is 5.02 Å². The van der Waals surface area contributed by atoms with E-state index in [1.165, 1.54) is 24.3 Å². The number of nitro benzene ring substituents is 1. The molecule has 25 heavy (non-hydrogen) atoms. The number of anilines is 1. The Labute approximate surface area is 151 Å². The number of rotatable bonds is 4. The van der Waals surface area contributed by atoms with E-state index in [4.69, 9.17) is 28.9 Å². The van der Waals surface area contributed by atoms with E-state index in [9.17, 15) is 19.7 Å². The number of halogens is 1. The normalized spacial score (nSPS) is 9.96. The molecule has 0 heterocycles. The van der Waals surface area contributed by atoms with Gasteiger partial charge in [0, 0.05) is 11.6 Å². The first kappa shape index (κ1) is 18.3. The van der Waals surface area contributed by atoms with Crippen molar-refractivity contribution in [3.05, 3.63) is 68.7 Å². The Balaban J connectivity index is 2.14. The van der Waals surface area contributed by atoms with Gasteiger partial charge >= 0.3 is 5.97 Å². The molecule has 2 aromatic carbocycles. The van der Waals surface area contributed by atoms with Gasteiger partial charge in [-0.05, 0) is 36.5 Å². The molecule has 0 aliphatic heterocycles. The molecule has 0 unspecified atom stereocenters. The van der Waals surface area contributed by atoms with Gasteiger partial charge in [0.15, 0.2) is 5.11 Å². The van der Waals surface area contributed by atoms with Crippen molar-refractivity contribution in [2.24, 2.45) is 0 Å². The van der Waals surface area contributed by atoms with Crippen LogP contribution in [-0.2, 0) is 0 Å². The lowest BCUT2D eigenvalue weighted by atomic mass is 10.2. The number of para-hydroxylation sites is 1. The highest BCUT2D eigenvalue weighted by Crippen LogP contribution is 2.25. The van der Waals surface area contributed by atoms with Crippen LogP contribution in [-0.4, -0.2) is 27.0 Å². The predicted molar refractivity (Wildman–Crippen MR) is 95.2 cm³/mol. The SMILES string of the molecule is O=C(NC(=S)Nc1ccccc1C(=O)O)c1ccc(Cl)c([N+](=O)[O-])c1. The van der Waals surface area contributed by atoms with Gasteiger partial charge in [-0.15, -0.1) is 0 Å². The van der Waals surface area contributed by atoms with Crippen molar-refractivity contribution >= 4 is 52.2 Å². The molecule has 2 aromatic rings. The topological polar surface area (TPSA) is 122 Å². The summed E-state index contributed by atoms with van der Waals surface area (Å²) < 4.78 is 0. The van der Waals surface area contributed by atoms with E-state index >= 15 is 0 Å². The summed E-state index contributed by atoms with van der Waals surface area (Å²) in [5.74, 6) is -1.87. The molecule has 2 rings (SSSR count). The van der Waals surface area contributed by atoms with Crippen LogP contribution in [0, 0.1) is 10.1 Å². The Kier molecular flexibility index (Phi) is 5.63. The Bertz CT molecular complexity index is 887. The van der Waals surface area contributed by atoms with Gasteiger partial charge in [-0.2, -0.15) is 0 Å². The summed E-state index contributed by atoms with van der Waals surface area (Å²) in [6.45, 7) is 0. The van der Waals surface area contributed by atoms with Crippen molar-refractivity contribution in [3.63, 3.8) is 0 Å². The summed E-state index contributed by atoms with van der Waals surface area (Å²) >= 11 is 10.7. The molecule has 0 saturated heterocycles. The average Bonchev–Trinajstić information content (AvgIpc) is 2.55. The highest BCUT2D eigenvalue weighted by Gasteiger charge is 2.17. The molecule has 0 bridgehead atoms. The number of carboxylic acid groups (broad SMARTS) is 1. The van der Waals surface area contributed by atoms with Crippen molar-refractivity contribution in [1.29, 1.82) is 0 Å². The molecule has 0 atom stereocenters. The number of carbonyl (C=O) groups excluding carboxylic acids is 1. The zero-order valence-corrected chi connectivity index (χ0v) is 13.9. The van der Waals surface area contributed by atoms with E-state index in [1.807, 2.05) is 0 Å². The van der Waals surface area contributed by atoms with Crippen molar-refractivity contribution in [1.82, 2.24) is 5.32 Å². The van der Waals surface area contributed by atoms with E-state index in [2.05, 4.69) is 10.6 Å². The van der Waals surface area contributed by atoms with Gasteiger partial charge in [-0.25, -0.2) is 4.79 Å². The molecular formula is C15H10ClN3O5S. The molecule has 0 radical (unpaired) electrons. The fourth-order valence-corrected chi connectivity index (χ4v) is 2.29. The maximum absolute atomic E-state index is 12.1. The first-order valence-corrected chi connectivity index (χ1v) is 7.47. The molecule has 0 spiro atoms. The number of carbonyl (C=O) groups is 2. The molecule has 0 fully saturated rings. The molecule has 0 aliphatic rings. The van der Waals surface area contributed by atoms with E-state index < -0.39 is 22.5 Å². The predicted octanol–water partition coefficient (Wildman–Crippen LogP) is 3.07. The number of amides is 1. The number of aromatic carboxylic acids is 1. The third-order valence-electron chi connectivity index (χ3n) is 3.04. The minimum atomic E-state index is -1.16. The Morgan fingerprint density at radius 2 is 1.88 bits per heavy atom.